The molecule has 0 aliphatic carbocycles. The average molecular weight is 361 g/mol. The van der Waals surface area contributed by atoms with Crippen LogP contribution in [0.4, 0.5) is 0 Å². The summed E-state index contributed by atoms with van der Waals surface area (Å²) in [5.41, 5.74) is 0.882. The zero-order chi connectivity index (χ0) is 18.4. The molecule has 0 spiro atoms. The molecule has 6 heteroatoms. The number of sulfone groups is 1. The molecule has 2 aromatic carbocycles. The lowest BCUT2D eigenvalue weighted by Crippen LogP contribution is -2.30. The van der Waals surface area contributed by atoms with Crippen molar-refractivity contribution in [1.82, 2.24) is 4.90 Å². The number of nitrogens with zero attached hydrogens (tertiary/aromatic N) is 1. The largest absolute Gasteiger partial charge is 0.493 e. The number of rotatable bonds is 7. The average Bonchev–Trinajstić information content (AvgIpc) is 2.60. The molecule has 1 amide bonds. The Hall–Kier alpha value is -2.34. The second-order valence-corrected chi connectivity index (χ2v) is 7.95. The molecule has 0 heterocycles. The van der Waals surface area contributed by atoms with Crippen molar-refractivity contribution in [3.05, 3.63) is 60.2 Å². The van der Waals surface area contributed by atoms with Gasteiger partial charge in [-0.05, 0) is 36.8 Å². The van der Waals surface area contributed by atoms with E-state index in [2.05, 4.69) is 0 Å². The summed E-state index contributed by atoms with van der Waals surface area (Å²) in [6, 6.07) is 15.8. The fourth-order valence-electron chi connectivity index (χ4n) is 2.38. The van der Waals surface area contributed by atoms with E-state index in [9.17, 15) is 13.2 Å². The molecule has 134 valence electrons. The van der Waals surface area contributed by atoms with Gasteiger partial charge in [0.1, 0.15) is 5.75 Å². The maximum Gasteiger partial charge on any atom is 0.226 e. The van der Waals surface area contributed by atoms with Gasteiger partial charge in [-0.3, -0.25) is 4.79 Å². The molecule has 0 bridgehead atoms. The summed E-state index contributed by atoms with van der Waals surface area (Å²) >= 11 is 0. The first-order valence-electron chi connectivity index (χ1n) is 8.02. The number of carbonyl (C=O) groups excluding carboxylic acids is 1. The molecule has 0 fully saturated rings. The summed E-state index contributed by atoms with van der Waals surface area (Å²) in [7, 11) is -1.48. The summed E-state index contributed by atoms with van der Waals surface area (Å²) in [5.74, 6) is 0.706. The minimum Gasteiger partial charge on any atom is -0.493 e. The first-order valence-corrected chi connectivity index (χ1v) is 9.91. The van der Waals surface area contributed by atoms with Crippen LogP contribution >= 0.6 is 0 Å². The number of amides is 1. The van der Waals surface area contributed by atoms with Crippen molar-refractivity contribution >= 4 is 15.7 Å². The van der Waals surface area contributed by atoms with Crippen LogP contribution in [0, 0.1) is 0 Å². The van der Waals surface area contributed by atoms with Crippen LogP contribution in [-0.2, 0) is 14.6 Å². The second kappa shape index (κ2) is 8.16. The van der Waals surface area contributed by atoms with Gasteiger partial charge in [-0.1, -0.05) is 30.3 Å². The fourth-order valence-corrected chi connectivity index (χ4v) is 3.01. The zero-order valence-electron chi connectivity index (χ0n) is 14.7. The molecular weight excluding hydrogens is 338 g/mol. The lowest BCUT2D eigenvalue weighted by Gasteiger charge is -2.25. The van der Waals surface area contributed by atoms with Crippen molar-refractivity contribution in [2.24, 2.45) is 0 Å². The Labute approximate surface area is 149 Å². The van der Waals surface area contributed by atoms with E-state index in [-0.39, 0.29) is 23.3 Å². The van der Waals surface area contributed by atoms with Crippen molar-refractivity contribution < 1.29 is 17.9 Å². The predicted molar refractivity (Wildman–Crippen MR) is 97.3 cm³/mol. The number of benzene rings is 2. The normalized spacial score (nSPS) is 12.4. The molecule has 2 rings (SSSR count). The third-order valence-corrected chi connectivity index (χ3v) is 5.22. The fraction of sp³-hybridized carbons (Fsp3) is 0.316. The van der Waals surface area contributed by atoms with Crippen molar-refractivity contribution in [2.75, 3.05) is 19.9 Å². The lowest BCUT2D eigenvalue weighted by molar-refractivity contribution is -0.132. The topological polar surface area (TPSA) is 63.7 Å². The zero-order valence-corrected chi connectivity index (χ0v) is 15.5. The SMILES string of the molecule is CC(c1ccc(S(C)(=O)=O)cc1)N(C)C(=O)CCOc1ccccc1. The van der Waals surface area contributed by atoms with Crippen molar-refractivity contribution in [3.63, 3.8) is 0 Å². The molecule has 2 aromatic rings. The number of hydrogen-bond acceptors (Lipinski definition) is 4. The van der Waals surface area contributed by atoms with E-state index < -0.39 is 9.84 Å². The second-order valence-electron chi connectivity index (χ2n) is 5.93. The van der Waals surface area contributed by atoms with E-state index >= 15 is 0 Å². The van der Waals surface area contributed by atoms with Gasteiger partial charge < -0.3 is 9.64 Å². The summed E-state index contributed by atoms with van der Waals surface area (Å²) in [6.45, 7) is 2.22. The third-order valence-electron chi connectivity index (χ3n) is 4.09. The number of para-hydroxylation sites is 1. The number of ether oxygens (including phenoxy) is 1. The van der Waals surface area contributed by atoms with Crippen LogP contribution in [0.3, 0.4) is 0 Å². The van der Waals surface area contributed by atoms with Gasteiger partial charge in [0.15, 0.2) is 9.84 Å². The summed E-state index contributed by atoms with van der Waals surface area (Å²) in [6.07, 6.45) is 1.45. The Morgan fingerprint density at radius 1 is 1.08 bits per heavy atom. The van der Waals surface area contributed by atoms with Crippen LogP contribution < -0.4 is 4.74 Å². The smallest absolute Gasteiger partial charge is 0.226 e. The highest BCUT2D eigenvalue weighted by atomic mass is 32.2. The van der Waals surface area contributed by atoms with Crippen LogP contribution in [0.15, 0.2) is 59.5 Å². The van der Waals surface area contributed by atoms with E-state index in [1.807, 2.05) is 37.3 Å². The van der Waals surface area contributed by atoms with E-state index in [4.69, 9.17) is 4.74 Å². The van der Waals surface area contributed by atoms with Gasteiger partial charge in [0.2, 0.25) is 5.91 Å². The van der Waals surface area contributed by atoms with Crippen molar-refractivity contribution in [3.8, 4) is 5.75 Å². The van der Waals surface area contributed by atoms with Crippen LogP contribution in [-0.4, -0.2) is 39.1 Å². The van der Waals surface area contributed by atoms with E-state index in [0.717, 1.165) is 11.3 Å². The molecule has 1 unspecified atom stereocenters. The monoisotopic (exact) mass is 361 g/mol. The van der Waals surface area contributed by atoms with Crippen LogP contribution in [0.25, 0.3) is 0 Å². The van der Waals surface area contributed by atoms with Gasteiger partial charge in [0.05, 0.1) is 24.0 Å². The van der Waals surface area contributed by atoms with E-state index in [1.165, 1.54) is 6.26 Å². The van der Waals surface area contributed by atoms with Crippen LogP contribution in [0.1, 0.15) is 24.9 Å². The highest BCUT2D eigenvalue weighted by Gasteiger charge is 2.18. The van der Waals surface area contributed by atoms with Gasteiger partial charge in [-0.2, -0.15) is 0 Å². The van der Waals surface area contributed by atoms with Gasteiger partial charge in [-0.25, -0.2) is 8.42 Å². The highest BCUT2D eigenvalue weighted by Crippen LogP contribution is 2.21. The molecule has 1 atom stereocenters. The summed E-state index contributed by atoms with van der Waals surface area (Å²) in [4.78, 5) is 14.2. The molecule has 0 aromatic heterocycles. The lowest BCUT2D eigenvalue weighted by atomic mass is 10.1. The standard InChI is InChI=1S/C19H23NO4S/c1-15(16-9-11-18(12-10-16)25(3,22)23)20(2)19(21)13-14-24-17-7-5-4-6-8-17/h4-12,15H,13-14H2,1-3H3. The maximum absolute atomic E-state index is 12.3. The van der Waals surface area contributed by atoms with Gasteiger partial charge in [0.25, 0.3) is 0 Å². The highest BCUT2D eigenvalue weighted by molar-refractivity contribution is 7.90. The van der Waals surface area contributed by atoms with Gasteiger partial charge in [0, 0.05) is 13.3 Å². The van der Waals surface area contributed by atoms with Crippen LogP contribution in [0.5, 0.6) is 5.75 Å². The van der Waals surface area contributed by atoms with E-state index in [0.29, 0.717) is 6.61 Å². The minimum absolute atomic E-state index is 0.0318. The quantitative estimate of drug-likeness (QED) is 0.760. The Morgan fingerprint density at radius 3 is 2.24 bits per heavy atom. The third kappa shape index (κ3) is 5.32. The first kappa shape index (κ1) is 19.0. The Balaban J connectivity index is 1.92. The first-order chi connectivity index (χ1) is 11.8. The Morgan fingerprint density at radius 2 is 1.68 bits per heavy atom. The molecule has 0 saturated carbocycles. The Kier molecular flexibility index (Phi) is 6.20. The number of hydrogen-bond donors (Lipinski definition) is 0. The molecule has 0 radical (unpaired) electrons. The Bertz CT molecular complexity index is 801. The summed E-state index contributed by atoms with van der Waals surface area (Å²) < 4.78 is 28.6. The molecule has 0 aliphatic rings. The molecule has 0 aliphatic heterocycles. The molecule has 0 N–H and O–H groups in total. The predicted octanol–water partition coefficient (Wildman–Crippen LogP) is 3.08. The molecule has 25 heavy (non-hydrogen) atoms. The molecule has 5 nitrogen and oxygen atoms in total. The van der Waals surface area contributed by atoms with Crippen LogP contribution in [0.2, 0.25) is 0 Å². The molecule has 0 saturated heterocycles. The minimum atomic E-state index is -3.22. The van der Waals surface area contributed by atoms with Crippen molar-refractivity contribution in [2.45, 2.75) is 24.3 Å². The molecular formula is C19H23NO4S. The van der Waals surface area contributed by atoms with E-state index in [1.54, 1.807) is 36.2 Å². The van der Waals surface area contributed by atoms with Gasteiger partial charge in [-0.15, -0.1) is 0 Å². The van der Waals surface area contributed by atoms with Crippen molar-refractivity contribution in [1.29, 1.82) is 0 Å². The maximum atomic E-state index is 12.3. The van der Waals surface area contributed by atoms with Gasteiger partial charge >= 0.3 is 0 Å². The summed E-state index contributed by atoms with van der Waals surface area (Å²) in [5, 5.41) is 0. The number of carbonyl (C=O) groups is 1.